The smallest absolute Gasteiger partial charge is 0.0737 e. The first-order valence-corrected chi connectivity index (χ1v) is 7.93. The second kappa shape index (κ2) is 7.49. The summed E-state index contributed by atoms with van der Waals surface area (Å²) in [5, 5.41) is 1.94. The van der Waals surface area contributed by atoms with E-state index in [2.05, 4.69) is 35.9 Å². The van der Waals surface area contributed by atoms with Crippen LogP contribution in [0.5, 0.6) is 0 Å². The maximum Gasteiger partial charge on any atom is 0.0737 e. The van der Waals surface area contributed by atoms with Gasteiger partial charge in [0.05, 0.1) is 5.52 Å². The minimum atomic E-state index is 0.746. The van der Waals surface area contributed by atoms with E-state index in [1.165, 1.54) is 36.8 Å². The molecule has 3 heteroatoms. The fourth-order valence-corrected chi connectivity index (χ4v) is 2.60. The summed E-state index contributed by atoms with van der Waals surface area (Å²) >= 11 is 6.06. The van der Waals surface area contributed by atoms with Gasteiger partial charge in [0.15, 0.2) is 0 Å². The molecule has 0 bridgehead atoms. The minimum absolute atomic E-state index is 0.746. The molecule has 2 aromatic rings. The van der Waals surface area contributed by atoms with Crippen LogP contribution in [0, 0.1) is 0 Å². The number of aromatic nitrogens is 1. The van der Waals surface area contributed by atoms with Gasteiger partial charge in [0.25, 0.3) is 0 Å². The standard InChI is InChI=1S/C17H23ClN2/c1-3-5-11-20(12-6-4-2)17-9-10-19-16-13-14(18)7-8-15(16)17/h7-10,13H,3-6,11-12H2,1-2H3. The van der Waals surface area contributed by atoms with Crippen LogP contribution in [0.1, 0.15) is 39.5 Å². The molecule has 0 fully saturated rings. The van der Waals surface area contributed by atoms with E-state index in [-0.39, 0.29) is 0 Å². The number of anilines is 1. The molecule has 2 nitrogen and oxygen atoms in total. The molecule has 108 valence electrons. The Morgan fingerprint density at radius 2 is 1.75 bits per heavy atom. The lowest BCUT2D eigenvalue weighted by molar-refractivity contribution is 0.679. The number of hydrogen-bond acceptors (Lipinski definition) is 2. The first-order chi connectivity index (χ1) is 9.76. The van der Waals surface area contributed by atoms with Gasteiger partial charge in [0, 0.05) is 35.4 Å². The highest BCUT2D eigenvalue weighted by molar-refractivity contribution is 6.31. The summed E-state index contributed by atoms with van der Waals surface area (Å²) in [5.74, 6) is 0. The van der Waals surface area contributed by atoms with Gasteiger partial charge in [-0.05, 0) is 37.1 Å². The van der Waals surface area contributed by atoms with Crippen LogP contribution in [0.3, 0.4) is 0 Å². The van der Waals surface area contributed by atoms with Crippen molar-refractivity contribution in [1.29, 1.82) is 0 Å². The molecule has 0 saturated heterocycles. The van der Waals surface area contributed by atoms with Crippen LogP contribution < -0.4 is 4.90 Å². The zero-order valence-electron chi connectivity index (χ0n) is 12.4. The highest BCUT2D eigenvalue weighted by Crippen LogP contribution is 2.28. The molecule has 1 aromatic heterocycles. The number of nitrogens with zero attached hydrogens (tertiary/aromatic N) is 2. The van der Waals surface area contributed by atoms with Gasteiger partial charge >= 0.3 is 0 Å². The van der Waals surface area contributed by atoms with Gasteiger partial charge in [0.1, 0.15) is 0 Å². The lowest BCUT2D eigenvalue weighted by Crippen LogP contribution is -2.25. The van der Waals surface area contributed by atoms with E-state index in [4.69, 9.17) is 11.6 Å². The molecule has 1 heterocycles. The second-order valence-electron chi connectivity index (χ2n) is 5.19. The molecule has 0 aliphatic heterocycles. The first-order valence-electron chi connectivity index (χ1n) is 7.55. The van der Waals surface area contributed by atoms with Crippen molar-refractivity contribution < 1.29 is 0 Å². The molecule has 0 N–H and O–H groups in total. The second-order valence-corrected chi connectivity index (χ2v) is 5.62. The maximum atomic E-state index is 6.06. The van der Waals surface area contributed by atoms with Crippen LogP contribution in [0.4, 0.5) is 5.69 Å². The summed E-state index contributed by atoms with van der Waals surface area (Å²) in [4.78, 5) is 6.93. The fraction of sp³-hybridized carbons (Fsp3) is 0.471. The zero-order chi connectivity index (χ0) is 14.4. The Balaban J connectivity index is 2.35. The number of hydrogen-bond donors (Lipinski definition) is 0. The third-order valence-corrected chi connectivity index (χ3v) is 3.82. The van der Waals surface area contributed by atoms with Crippen LogP contribution in [-0.4, -0.2) is 18.1 Å². The molecule has 1 aromatic carbocycles. The Morgan fingerprint density at radius 1 is 1.05 bits per heavy atom. The van der Waals surface area contributed by atoms with E-state index in [1.807, 2.05) is 18.3 Å². The zero-order valence-corrected chi connectivity index (χ0v) is 13.2. The van der Waals surface area contributed by atoms with E-state index >= 15 is 0 Å². The number of pyridine rings is 1. The van der Waals surface area contributed by atoms with Crippen LogP contribution in [0.2, 0.25) is 5.02 Å². The Hall–Kier alpha value is -1.28. The molecule has 0 aliphatic rings. The molecule has 0 aliphatic carbocycles. The molecule has 0 atom stereocenters. The number of rotatable bonds is 7. The van der Waals surface area contributed by atoms with E-state index in [0.29, 0.717) is 0 Å². The predicted octanol–water partition coefficient (Wildman–Crippen LogP) is 5.29. The van der Waals surface area contributed by atoms with Crippen LogP contribution in [0.15, 0.2) is 30.5 Å². The third kappa shape index (κ3) is 3.63. The van der Waals surface area contributed by atoms with Gasteiger partial charge in [-0.2, -0.15) is 0 Å². The summed E-state index contributed by atoms with van der Waals surface area (Å²) in [7, 11) is 0. The highest BCUT2D eigenvalue weighted by Gasteiger charge is 2.10. The Labute approximate surface area is 126 Å². The van der Waals surface area contributed by atoms with Crippen molar-refractivity contribution in [3.63, 3.8) is 0 Å². The molecule has 0 unspecified atom stereocenters. The molecule has 0 spiro atoms. The third-order valence-electron chi connectivity index (χ3n) is 3.59. The molecule has 20 heavy (non-hydrogen) atoms. The van der Waals surface area contributed by atoms with E-state index in [1.54, 1.807) is 0 Å². The largest absolute Gasteiger partial charge is 0.371 e. The summed E-state index contributed by atoms with van der Waals surface area (Å²) in [6.07, 6.45) is 6.77. The Morgan fingerprint density at radius 3 is 2.40 bits per heavy atom. The molecule has 2 rings (SSSR count). The Kier molecular flexibility index (Phi) is 5.66. The van der Waals surface area contributed by atoms with E-state index < -0.39 is 0 Å². The summed E-state index contributed by atoms with van der Waals surface area (Å²) in [5.41, 5.74) is 2.27. The van der Waals surface area contributed by atoms with Crippen molar-refractivity contribution >= 4 is 28.2 Å². The summed E-state index contributed by atoms with van der Waals surface area (Å²) in [6, 6.07) is 8.11. The number of unbranched alkanes of at least 4 members (excludes halogenated alkanes) is 2. The van der Waals surface area contributed by atoms with E-state index in [0.717, 1.165) is 23.6 Å². The minimum Gasteiger partial charge on any atom is -0.371 e. The molecule has 0 amide bonds. The fourth-order valence-electron chi connectivity index (χ4n) is 2.43. The van der Waals surface area contributed by atoms with Gasteiger partial charge in [-0.25, -0.2) is 0 Å². The SMILES string of the molecule is CCCCN(CCCC)c1ccnc2cc(Cl)ccc12. The maximum absolute atomic E-state index is 6.06. The van der Waals surface area contributed by atoms with Gasteiger partial charge in [-0.3, -0.25) is 4.98 Å². The number of halogens is 1. The molecule has 0 radical (unpaired) electrons. The normalized spacial score (nSPS) is 10.9. The van der Waals surface area contributed by atoms with Crippen molar-refractivity contribution in [3.8, 4) is 0 Å². The predicted molar refractivity (Wildman–Crippen MR) is 88.8 cm³/mol. The molecular formula is C17H23ClN2. The Bertz CT molecular complexity index is 546. The van der Waals surface area contributed by atoms with Crippen molar-refractivity contribution in [2.24, 2.45) is 0 Å². The summed E-state index contributed by atoms with van der Waals surface area (Å²) in [6.45, 7) is 6.70. The van der Waals surface area contributed by atoms with Crippen molar-refractivity contribution in [1.82, 2.24) is 4.98 Å². The quantitative estimate of drug-likeness (QED) is 0.688. The first kappa shape index (κ1) is 15.1. The lowest BCUT2D eigenvalue weighted by atomic mass is 10.1. The number of fused-ring (bicyclic) bond motifs is 1. The van der Waals surface area contributed by atoms with Crippen molar-refractivity contribution in [3.05, 3.63) is 35.5 Å². The highest BCUT2D eigenvalue weighted by atomic mass is 35.5. The van der Waals surface area contributed by atoms with Gasteiger partial charge in [-0.15, -0.1) is 0 Å². The molecular weight excluding hydrogens is 268 g/mol. The summed E-state index contributed by atoms with van der Waals surface area (Å²) < 4.78 is 0. The van der Waals surface area contributed by atoms with Crippen molar-refractivity contribution in [2.75, 3.05) is 18.0 Å². The van der Waals surface area contributed by atoms with Crippen LogP contribution in [0.25, 0.3) is 10.9 Å². The van der Waals surface area contributed by atoms with Crippen molar-refractivity contribution in [2.45, 2.75) is 39.5 Å². The van der Waals surface area contributed by atoms with E-state index in [9.17, 15) is 0 Å². The monoisotopic (exact) mass is 290 g/mol. The van der Waals surface area contributed by atoms with Crippen LogP contribution >= 0.6 is 11.6 Å². The topological polar surface area (TPSA) is 16.1 Å². The molecule has 0 saturated carbocycles. The average Bonchev–Trinajstić information content (AvgIpc) is 2.47. The number of benzene rings is 1. The van der Waals surface area contributed by atoms with Gasteiger partial charge < -0.3 is 4.90 Å². The van der Waals surface area contributed by atoms with Crippen LogP contribution in [-0.2, 0) is 0 Å². The van der Waals surface area contributed by atoms with Gasteiger partial charge in [-0.1, -0.05) is 38.3 Å². The van der Waals surface area contributed by atoms with Gasteiger partial charge in [0.2, 0.25) is 0 Å². The average molecular weight is 291 g/mol. The lowest BCUT2D eigenvalue weighted by Gasteiger charge is -2.26.